The van der Waals surface area contributed by atoms with E-state index < -0.39 is 0 Å². The molecule has 2 rings (SSSR count). The quantitative estimate of drug-likeness (QED) is 0.716. The standard InChI is InChI=1S/C15H17ClO/c1-10-5-4-6-13(7-10)9-15(16)14-8-11(2)17-12(14)3/h4-8,15H,9H2,1-3H3. The van der Waals surface area contributed by atoms with E-state index in [1.807, 2.05) is 19.9 Å². The molecule has 0 bridgehead atoms. The summed E-state index contributed by atoms with van der Waals surface area (Å²) in [7, 11) is 0. The van der Waals surface area contributed by atoms with E-state index in [1.165, 1.54) is 11.1 Å². The molecule has 0 saturated carbocycles. The highest BCUT2D eigenvalue weighted by molar-refractivity contribution is 6.21. The topological polar surface area (TPSA) is 13.1 Å². The SMILES string of the molecule is Cc1cccc(CC(Cl)c2cc(C)oc2C)c1. The molecular formula is C15H17ClO. The second-order valence-electron chi connectivity index (χ2n) is 4.53. The van der Waals surface area contributed by atoms with Crippen molar-refractivity contribution < 1.29 is 4.42 Å². The number of hydrogen-bond donors (Lipinski definition) is 0. The van der Waals surface area contributed by atoms with Crippen LogP contribution in [0.3, 0.4) is 0 Å². The Morgan fingerprint density at radius 2 is 1.94 bits per heavy atom. The monoisotopic (exact) mass is 248 g/mol. The first-order valence-corrected chi connectivity index (χ1v) is 6.26. The maximum absolute atomic E-state index is 6.45. The van der Waals surface area contributed by atoms with Crippen molar-refractivity contribution in [2.45, 2.75) is 32.6 Å². The van der Waals surface area contributed by atoms with Gasteiger partial charge in [-0.25, -0.2) is 0 Å². The van der Waals surface area contributed by atoms with E-state index in [1.54, 1.807) is 0 Å². The molecule has 0 aliphatic carbocycles. The van der Waals surface area contributed by atoms with E-state index in [4.69, 9.17) is 16.0 Å². The summed E-state index contributed by atoms with van der Waals surface area (Å²) in [6.45, 7) is 6.01. The normalized spacial score (nSPS) is 12.7. The molecule has 0 aliphatic rings. The van der Waals surface area contributed by atoms with Gasteiger partial charge in [-0.2, -0.15) is 0 Å². The highest BCUT2D eigenvalue weighted by Gasteiger charge is 2.15. The van der Waals surface area contributed by atoms with E-state index in [0.717, 1.165) is 23.5 Å². The van der Waals surface area contributed by atoms with Crippen LogP contribution in [0.2, 0.25) is 0 Å². The van der Waals surface area contributed by atoms with Gasteiger partial charge in [-0.1, -0.05) is 29.8 Å². The molecule has 0 radical (unpaired) electrons. The minimum atomic E-state index is -0.0192. The summed E-state index contributed by atoms with van der Waals surface area (Å²) in [5, 5.41) is -0.0192. The Balaban J connectivity index is 2.16. The summed E-state index contributed by atoms with van der Waals surface area (Å²) in [5.41, 5.74) is 3.64. The summed E-state index contributed by atoms with van der Waals surface area (Å²) >= 11 is 6.45. The van der Waals surface area contributed by atoms with Gasteiger partial charge in [0.1, 0.15) is 11.5 Å². The van der Waals surface area contributed by atoms with Gasteiger partial charge < -0.3 is 4.42 Å². The summed E-state index contributed by atoms with van der Waals surface area (Å²) in [6.07, 6.45) is 0.836. The van der Waals surface area contributed by atoms with Crippen LogP contribution in [0.15, 0.2) is 34.7 Å². The molecule has 90 valence electrons. The Kier molecular flexibility index (Phi) is 3.58. The summed E-state index contributed by atoms with van der Waals surface area (Å²) in [5.74, 6) is 1.85. The Bertz CT molecular complexity index is 513. The number of aryl methyl sites for hydroxylation is 3. The minimum absolute atomic E-state index is 0.0192. The lowest BCUT2D eigenvalue weighted by Crippen LogP contribution is -1.96. The molecule has 1 aromatic carbocycles. The zero-order chi connectivity index (χ0) is 12.4. The van der Waals surface area contributed by atoms with E-state index in [9.17, 15) is 0 Å². The van der Waals surface area contributed by atoms with Crippen LogP contribution in [0, 0.1) is 20.8 Å². The van der Waals surface area contributed by atoms with Crippen LogP contribution in [0.5, 0.6) is 0 Å². The van der Waals surface area contributed by atoms with Crippen LogP contribution in [0.1, 0.15) is 33.6 Å². The molecule has 0 N–H and O–H groups in total. The third-order valence-electron chi connectivity index (χ3n) is 2.91. The fourth-order valence-electron chi connectivity index (χ4n) is 2.12. The largest absolute Gasteiger partial charge is 0.466 e. The van der Waals surface area contributed by atoms with Crippen LogP contribution >= 0.6 is 11.6 Å². The second kappa shape index (κ2) is 4.97. The van der Waals surface area contributed by atoms with Crippen molar-refractivity contribution in [1.82, 2.24) is 0 Å². The van der Waals surface area contributed by atoms with E-state index >= 15 is 0 Å². The predicted molar refractivity (Wildman–Crippen MR) is 71.7 cm³/mol. The van der Waals surface area contributed by atoms with Crippen molar-refractivity contribution in [2.24, 2.45) is 0 Å². The fourth-order valence-corrected chi connectivity index (χ4v) is 2.51. The second-order valence-corrected chi connectivity index (χ2v) is 5.06. The van der Waals surface area contributed by atoms with Crippen LogP contribution < -0.4 is 0 Å². The first-order chi connectivity index (χ1) is 8.06. The van der Waals surface area contributed by atoms with Gasteiger partial charge in [0.15, 0.2) is 0 Å². The molecule has 1 atom stereocenters. The summed E-state index contributed by atoms with van der Waals surface area (Å²) < 4.78 is 5.51. The summed E-state index contributed by atoms with van der Waals surface area (Å²) in [4.78, 5) is 0. The predicted octanol–water partition coefficient (Wildman–Crippen LogP) is 4.73. The first kappa shape index (κ1) is 12.3. The Labute approximate surface area is 107 Å². The van der Waals surface area contributed by atoms with Crippen molar-refractivity contribution in [1.29, 1.82) is 0 Å². The molecule has 2 heteroatoms. The van der Waals surface area contributed by atoms with Gasteiger partial charge in [0, 0.05) is 5.56 Å². The average Bonchev–Trinajstić information content (AvgIpc) is 2.58. The molecule has 1 nitrogen and oxygen atoms in total. The average molecular weight is 249 g/mol. The number of furan rings is 1. The molecule has 0 amide bonds. The van der Waals surface area contributed by atoms with Gasteiger partial charge in [-0.15, -0.1) is 11.6 Å². The van der Waals surface area contributed by atoms with Crippen molar-refractivity contribution in [3.8, 4) is 0 Å². The van der Waals surface area contributed by atoms with E-state index in [-0.39, 0.29) is 5.38 Å². The maximum Gasteiger partial charge on any atom is 0.105 e. The molecule has 2 aromatic rings. The van der Waals surface area contributed by atoms with Crippen molar-refractivity contribution in [2.75, 3.05) is 0 Å². The van der Waals surface area contributed by atoms with E-state index in [0.29, 0.717) is 0 Å². The lowest BCUT2D eigenvalue weighted by Gasteiger charge is -2.09. The van der Waals surface area contributed by atoms with Crippen LogP contribution in [0.25, 0.3) is 0 Å². The number of rotatable bonds is 3. The van der Waals surface area contributed by atoms with Gasteiger partial charge in [0.05, 0.1) is 5.38 Å². The van der Waals surface area contributed by atoms with E-state index in [2.05, 4.69) is 31.2 Å². The third-order valence-corrected chi connectivity index (χ3v) is 3.30. The number of halogens is 1. The van der Waals surface area contributed by atoms with Gasteiger partial charge >= 0.3 is 0 Å². The number of alkyl halides is 1. The maximum atomic E-state index is 6.45. The molecule has 1 aromatic heterocycles. The van der Waals surface area contributed by atoms with Crippen molar-refractivity contribution in [3.05, 3.63) is 58.5 Å². The van der Waals surface area contributed by atoms with Gasteiger partial charge in [-0.3, -0.25) is 0 Å². The zero-order valence-electron chi connectivity index (χ0n) is 10.5. The highest BCUT2D eigenvalue weighted by Crippen LogP contribution is 2.29. The molecular weight excluding hydrogens is 232 g/mol. The molecule has 0 spiro atoms. The smallest absolute Gasteiger partial charge is 0.105 e. The third kappa shape index (κ3) is 2.92. The molecule has 1 unspecified atom stereocenters. The molecule has 0 saturated heterocycles. The minimum Gasteiger partial charge on any atom is -0.466 e. The van der Waals surface area contributed by atoms with Crippen LogP contribution in [0.4, 0.5) is 0 Å². The number of hydrogen-bond acceptors (Lipinski definition) is 1. The summed E-state index contributed by atoms with van der Waals surface area (Å²) in [6, 6.07) is 10.5. The Hall–Kier alpha value is -1.21. The van der Waals surface area contributed by atoms with Crippen molar-refractivity contribution >= 4 is 11.6 Å². The molecule has 1 heterocycles. The first-order valence-electron chi connectivity index (χ1n) is 5.83. The Morgan fingerprint density at radius 3 is 2.53 bits per heavy atom. The Morgan fingerprint density at radius 1 is 1.18 bits per heavy atom. The zero-order valence-corrected chi connectivity index (χ0v) is 11.2. The lowest BCUT2D eigenvalue weighted by atomic mass is 10.0. The van der Waals surface area contributed by atoms with Gasteiger partial charge in [0.25, 0.3) is 0 Å². The molecule has 17 heavy (non-hydrogen) atoms. The fraction of sp³-hybridized carbons (Fsp3) is 0.333. The molecule has 0 fully saturated rings. The van der Waals surface area contributed by atoms with Crippen molar-refractivity contribution in [3.63, 3.8) is 0 Å². The lowest BCUT2D eigenvalue weighted by molar-refractivity contribution is 0.500. The van der Waals surface area contributed by atoms with Crippen LogP contribution in [-0.2, 0) is 6.42 Å². The van der Waals surface area contributed by atoms with Gasteiger partial charge in [-0.05, 0) is 38.8 Å². The molecule has 0 aliphatic heterocycles. The van der Waals surface area contributed by atoms with Crippen LogP contribution in [-0.4, -0.2) is 0 Å². The van der Waals surface area contributed by atoms with Gasteiger partial charge in [0.2, 0.25) is 0 Å². The highest BCUT2D eigenvalue weighted by atomic mass is 35.5. The number of benzene rings is 1.